The van der Waals surface area contributed by atoms with Crippen LogP contribution in [0.3, 0.4) is 0 Å². The number of aromatic nitrogens is 1. The van der Waals surface area contributed by atoms with Crippen LogP contribution >= 0.6 is 0 Å². The summed E-state index contributed by atoms with van der Waals surface area (Å²) in [6, 6.07) is 9.59. The van der Waals surface area contributed by atoms with Gasteiger partial charge in [0.25, 0.3) is 0 Å². The number of nitrogens with two attached hydrogens (primary N) is 1. The molecule has 0 bridgehead atoms. The molecule has 0 unspecified atom stereocenters. The maximum Gasteiger partial charge on any atom is 0.410 e. The second-order valence-electron chi connectivity index (χ2n) is 10.3. The average molecular weight is 439 g/mol. The topological polar surface area (TPSA) is 113 Å². The Kier molecular flexibility index (Phi) is 6.08. The smallest absolute Gasteiger partial charge is 0.410 e. The second-order valence-corrected chi connectivity index (χ2v) is 10.3. The molecule has 7 nitrogen and oxygen atoms in total. The first-order valence-corrected chi connectivity index (χ1v) is 10.9. The van der Waals surface area contributed by atoms with E-state index in [-0.39, 0.29) is 5.84 Å². The number of nitrogens with zero attached hydrogens (tertiary/aromatic N) is 2. The van der Waals surface area contributed by atoms with Crippen LogP contribution in [0.2, 0.25) is 0 Å². The van der Waals surface area contributed by atoms with E-state index in [1.54, 1.807) is 17.2 Å². The van der Waals surface area contributed by atoms with Crippen LogP contribution in [-0.2, 0) is 10.3 Å². The molecule has 7 heteroatoms. The van der Waals surface area contributed by atoms with Crippen molar-refractivity contribution in [2.45, 2.75) is 58.7 Å². The number of pyridine rings is 1. The Morgan fingerprint density at radius 3 is 2.28 bits per heavy atom. The van der Waals surface area contributed by atoms with Crippen LogP contribution in [-0.4, -0.2) is 45.6 Å². The van der Waals surface area contributed by atoms with E-state index >= 15 is 0 Å². The summed E-state index contributed by atoms with van der Waals surface area (Å²) in [4.78, 5) is 18.4. The van der Waals surface area contributed by atoms with E-state index in [1.165, 1.54) is 11.8 Å². The molecule has 1 aliphatic heterocycles. The summed E-state index contributed by atoms with van der Waals surface area (Å²) in [5.74, 6) is 0.243. The van der Waals surface area contributed by atoms with Gasteiger partial charge in [0.1, 0.15) is 17.0 Å². The van der Waals surface area contributed by atoms with Crippen LogP contribution < -0.4 is 5.73 Å². The minimum absolute atomic E-state index is 0.119. The van der Waals surface area contributed by atoms with Gasteiger partial charge in [-0.3, -0.25) is 10.4 Å². The summed E-state index contributed by atoms with van der Waals surface area (Å²) in [6.07, 6.45) is 2.71. The van der Waals surface area contributed by atoms with Crippen molar-refractivity contribution in [2.24, 2.45) is 11.1 Å². The number of ether oxygens (including phenoxy) is 1. The minimum atomic E-state index is -1.44. The molecule has 0 radical (unpaired) electrons. The summed E-state index contributed by atoms with van der Waals surface area (Å²) >= 11 is 0. The van der Waals surface area contributed by atoms with Gasteiger partial charge in [0.15, 0.2) is 0 Å². The second kappa shape index (κ2) is 8.20. The first-order valence-electron chi connectivity index (χ1n) is 10.9. The molecule has 0 spiro atoms. The van der Waals surface area contributed by atoms with E-state index in [4.69, 9.17) is 15.9 Å². The van der Waals surface area contributed by atoms with Gasteiger partial charge in [-0.05, 0) is 43.9 Å². The molecule has 1 atom stereocenters. The fourth-order valence-corrected chi connectivity index (χ4v) is 4.24. The van der Waals surface area contributed by atoms with Crippen LogP contribution in [0.4, 0.5) is 4.79 Å². The largest absolute Gasteiger partial charge is 0.444 e. The fourth-order valence-electron chi connectivity index (χ4n) is 4.24. The van der Waals surface area contributed by atoms with Crippen molar-refractivity contribution in [2.75, 3.05) is 13.1 Å². The van der Waals surface area contributed by atoms with Gasteiger partial charge in [-0.25, -0.2) is 4.79 Å². The van der Waals surface area contributed by atoms with Gasteiger partial charge in [0.2, 0.25) is 0 Å². The van der Waals surface area contributed by atoms with Crippen LogP contribution in [0.15, 0.2) is 42.7 Å². The summed E-state index contributed by atoms with van der Waals surface area (Å²) in [7, 11) is 0. The molecule has 0 aliphatic carbocycles. The number of carbonyl (C=O) groups excluding carboxylic acids is 1. The molecular formula is C25H34N4O3. The van der Waals surface area contributed by atoms with Crippen LogP contribution in [0, 0.1) is 10.8 Å². The van der Waals surface area contributed by atoms with Crippen molar-refractivity contribution >= 4 is 11.9 Å². The third-order valence-corrected chi connectivity index (χ3v) is 6.07. The average Bonchev–Trinajstić information content (AvgIpc) is 2.69. The predicted molar refractivity (Wildman–Crippen MR) is 125 cm³/mol. The highest BCUT2D eigenvalue weighted by molar-refractivity contribution is 5.94. The minimum Gasteiger partial charge on any atom is -0.444 e. The number of benzene rings is 1. The Hall–Kier alpha value is -2.93. The normalized spacial score (nSPS) is 17.4. The van der Waals surface area contributed by atoms with E-state index in [0.29, 0.717) is 35.7 Å². The standard InChI is InChI=1S/C25H34N4O3/c1-16(2)17-7-9-19(10-8-17)25(31,20-11-18(21(26)27)12-28-13-20)24(6)14-29(15-24)22(30)32-23(3,4)5/h7-13,16,31H,14-15H2,1-6H3,(H3,26,27)/t25-/m0/s1. The number of nitrogens with one attached hydrogen (secondary N) is 1. The Labute approximate surface area is 190 Å². The first kappa shape index (κ1) is 23.7. The number of hydrogen-bond acceptors (Lipinski definition) is 5. The number of amidine groups is 1. The number of rotatable bonds is 5. The zero-order chi connectivity index (χ0) is 23.9. The highest BCUT2D eigenvalue weighted by Gasteiger charge is 2.58. The molecule has 1 aliphatic rings. The van der Waals surface area contributed by atoms with Gasteiger partial charge in [0.05, 0.1) is 0 Å². The predicted octanol–water partition coefficient (Wildman–Crippen LogP) is 3.98. The Bertz CT molecular complexity index is 1000. The van der Waals surface area contributed by atoms with Crippen molar-refractivity contribution in [3.63, 3.8) is 0 Å². The highest BCUT2D eigenvalue weighted by Crippen LogP contribution is 2.51. The van der Waals surface area contributed by atoms with E-state index in [2.05, 4.69) is 18.8 Å². The molecule has 2 heterocycles. The summed E-state index contributed by atoms with van der Waals surface area (Å²) in [5.41, 5.74) is 5.80. The first-order chi connectivity index (χ1) is 14.8. The summed E-state index contributed by atoms with van der Waals surface area (Å²) in [6.45, 7) is 12.3. The molecule has 2 aromatic rings. The zero-order valence-electron chi connectivity index (χ0n) is 19.8. The van der Waals surface area contributed by atoms with Crippen LogP contribution in [0.5, 0.6) is 0 Å². The number of aliphatic hydroxyl groups is 1. The SMILES string of the molecule is CC(C)c1ccc([C@](O)(c2cncc(C(=N)N)c2)C2(C)CN(C(=O)OC(C)(C)C)C2)cc1. The van der Waals surface area contributed by atoms with Crippen LogP contribution in [0.25, 0.3) is 0 Å². The highest BCUT2D eigenvalue weighted by atomic mass is 16.6. The van der Waals surface area contributed by atoms with Gasteiger partial charge >= 0.3 is 6.09 Å². The fraction of sp³-hybridized carbons (Fsp3) is 0.480. The maximum atomic E-state index is 12.6. The Morgan fingerprint density at radius 2 is 1.78 bits per heavy atom. The zero-order valence-corrected chi connectivity index (χ0v) is 19.8. The maximum absolute atomic E-state index is 12.6. The summed E-state index contributed by atoms with van der Waals surface area (Å²) < 4.78 is 5.50. The van der Waals surface area contributed by atoms with Crippen molar-refractivity contribution in [3.05, 3.63) is 65.0 Å². The molecule has 32 heavy (non-hydrogen) atoms. The number of likely N-dealkylation sites (tertiary alicyclic amines) is 1. The molecule has 0 saturated carbocycles. The lowest BCUT2D eigenvalue weighted by Gasteiger charge is -2.56. The third-order valence-electron chi connectivity index (χ3n) is 6.07. The lowest BCUT2D eigenvalue weighted by atomic mass is 9.62. The lowest BCUT2D eigenvalue weighted by Crippen LogP contribution is -2.66. The number of carbonyl (C=O) groups is 1. The molecule has 172 valence electrons. The van der Waals surface area contributed by atoms with E-state index in [1.807, 2.05) is 52.0 Å². The lowest BCUT2D eigenvalue weighted by molar-refractivity contribution is -0.131. The molecular weight excluding hydrogens is 404 g/mol. The molecule has 1 aromatic carbocycles. The number of amides is 1. The van der Waals surface area contributed by atoms with Gasteiger partial charge in [0, 0.05) is 42.0 Å². The van der Waals surface area contributed by atoms with E-state index in [0.717, 1.165) is 0 Å². The van der Waals surface area contributed by atoms with Crippen molar-refractivity contribution < 1.29 is 14.6 Å². The Morgan fingerprint density at radius 1 is 1.19 bits per heavy atom. The third kappa shape index (κ3) is 4.35. The van der Waals surface area contributed by atoms with Gasteiger partial charge in [-0.15, -0.1) is 0 Å². The van der Waals surface area contributed by atoms with Crippen molar-refractivity contribution in [1.29, 1.82) is 5.41 Å². The van der Waals surface area contributed by atoms with Gasteiger partial charge in [-0.1, -0.05) is 45.0 Å². The van der Waals surface area contributed by atoms with Crippen LogP contribution in [0.1, 0.15) is 69.7 Å². The van der Waals surface area contributed by atoms with Crippen molar-refractivity contribution in [3.8, 4) is 0 Å². The van der Waals surface area contributed by atoms with Gasteiger partial charge in [-0.2, -0.15) is 0 Å². The number of nitrogen functional groups attached to an aromatic ring is 1. The molecule has 1 amide bonds. The molecule has 1 saturated heterocycles. The summed E-state index contributed by atoms with van der Waals surface area (Å²) in [5, 5.41) is 20.1. The molecule has 3 rings (SSSR count). The van der Waals surface area contributed by atoms with E-state index < -0.39 is 22.7 Å². The molecule has 1 fully saturated rings. The number of hydrogen-bond donors (Lipinski definition) is 3. The van der Waals surface area contributed by atoms with Gasteiger partial charge < -0.3 is 20.5 Å². The monoisotopic (exact) mass is 438 g/mol. The Balaban J connectivity index is 2.03. The van der Waals surface area contributed by atoms with Crippen molar-refractivity contribution in [1.82, 2.24) is 9.88 Å². The molecule has 4 N–H and O–H groups in total. The quantitative estimate of drug-likeness (QED) is 0.483. The molecule has 1 aromatic heterocycles. The van der Waals surface area contributed by atoms with E-state index in [9.17, 15) is 9.90 Å².